The van der Waals surface area contributed by atoms with E-state index in [1.807, 2.05) is 31.2 Å². The lowest BCUT2D eigenvalue weighted by Gasteiger charge is -2.22. The van der Waals surface area contributed by atoms with E-state index in [4.69, 9.17) is 11.6 Å². The van der Waals surface area contributed by atoms with Gasteiger partial charge in [0.2, 0.25) is 5.91 Å². The third-order valence-electron chi connectivity index (χ3n) is 5.42. The molecule has 1 saturated carbocycles. The highest BCUT2D eigenvalue weighted by atomic mass is 35.5. The number of rotatable bonds is 6. The van der Waals surface area contributed by atoms with Crippen LogP contribution in [0.2, 0.25) is 5.02 Å². The maximum absolute atomic E-state index is 13.3. The van der Waals surface area contributed by atoms with Crippen LogP contribution in [0.1, 0.15) is 25.3 Å². The summed E-state index contributed by atoms with van der Waals surface area (Å²) in [6.07, 6.45) is 1.88. The zero-order valence-electron chi connectivity index (χ0n) is 17.2. The van der Waals surface area contributed by atoms with E-state index in [1.165, 1.54) is 4.57 Å². The van der Waals surface area contributed by atoms with Gasteiger partial charge >= 0.3 is 0 Å². The topological polar surface area (TPSA) is 87.8 Å². The molecule has 3 aromatic rings. The molecule has 0 spiro atoms. The highest BCUT2D eigenvalue weighted by molar-refractivity contribution is 7.99. The molecule has 1 atom stereocenters. The number of benzene rings is 2. The highest BCUT2D eigenvalue weighted by Crippen LogP contribution is 2.39. The molecular weight excluding hydrogens is 432 g/mol. The van der Waals surface area contributed by atoms with E-state index in [0.29, 0.717) is 26.8 Å². The number of amides is 1. The van der Waals surface area contributed by atoms with Gasteiger partial charge in [-0.3, -0.25) is 14.2 Å². The predicted molar refractivity (Wildman–Crippen MR) is 123 cm³/mol. The van der Waals surface area contributed by atoms with Crippen LogP contribution in [-0.4, -0.2) is 26.8 Å². The first kappa shape index (κ1) is 21.4. The van der Waals surface area contributed by atoms with Gasteiger partial charge in [-0.1, -0.05) is 35.5 Å². The van der Waals surface area contributed by atoms with Gasteiger partial charge in [0.1, 0.15) is 5.54 Å². The van der Waals surface area contributed by atoms with Crippen LogP contribution in [0.25, 0.3) is 16.6 Å². The van der Waals surface area contributed by atoms with Crippen molar-refractivity contribution < 1.29 is 4.79 Å². The number of nitrogens with one attached hydrogen (secondary N) is 1. The lowest BCUT2D eigenvalue weighted by Crippen LogP contribution is -2.47. The summed E-state index contributed by atoms with van der Waals surface area (Å²) >= 11 is 7.26. The Labute approximate surface area is 189 Å². The minimum absolute atomic E-state index is 0.0360. The van der Waals surface area contributed by atoms with Crippen LogP contribution in [-0.2, 0) is 4.79 Å². The number of hydrogen-bond acceptors (Lipinski definition) is 5. The number of nitrogens with zero attached hydrogens (tertiary/aromatic N) is 3. The van der Waals surface area contributed by atoms with Crippen molar-refractivity contribution >= 4 is 40.2 Å². The Morgan fingerprint density at radius 1 is 1.35 bits per heavy atom. The van der Waals surface area contributed by atoms with Gasteiger partial charge in [0, 0.05) is 5.02 Å². The minimum Gasteiger partial charge on any atom is -0.337 e. The fraction of sp³-hybridized carbons (Fsp3) is 0.304. The largest absolute Gasteiger partial charge is 0.337 e. The lowest BCUT2D eigenvalue weighted by atomic mass is 9.98. The normalized spacial score (nSPS) is 15.3. The van der Waals surface area contributed by atoms with E-state index in [2.05, 4.69) is 16.4 Å². The van der Waals surface area contributed by atoms with Crippen LogP contribution in [0.15, 0.2) is 52.4 Å². The van der Waals surface area contributed by atoms with E-state index in [-0.39, 0.29) is 23.1 Å². The smallest absolute Gasteiger partial charge is 0.266 e. The molecule has 158 valence electrons. The quantitative estimate of drug-likeness (QED) is 0.446. The second-order valence-corrected chi connectivity index (χ2v) is 9.34. The van der Waals surface area contributed by atoms with Gasteiger partial charge in [-0.15, -0.1) is 0 Å². The number of aromatic nitrogens is 2. The zero-order chi connectivity index (χ0) is 22.2. The molecule has 1 aliphatic rings. The van der Waals surface area contributed by atoms with Crippen LogP contribution < -0.4 is 10.9 Å². The second-order valence-electron chi connectivity index (χ2n) is 7.96. The second kappa shape index (κ2) is 8.37. The summed E-state index contributed by atoms with van der Waals surface area (Å²) in [6, 6.07) is 14.7. The average Bonchev–Trinajstić information content (AvgIpc) is 3.58. The van der Waals surface area contributed by atoms with Crippen molar-refractivity contribution in [2.45, 2.75) is 37.4 Å². The van der Waals surface area contributed by atoms with Gasteiger partial charge in [0.05, 0.1) is 28.4 Å². The molecule has 1 fully saturated rings. The van der Waals surface area contributed by atoms with Crippen molar-refractivity contribution in [3.8, 4) is 11.8 Å². The highest BCUT2D eigenvalue weighted by Gasteiger charge is 2.43. The number of thioether (sulfide) groups is 1. The molecule has 6 nitrogen and oxygen atoms in total. The number of aryl methyl sites for hydroxylation is 1. The first-order valence-electron chi connectivity index (χ1n) is 9.95. The Kier molecular flexibility index (Phi) is 5.78. The van der Waals surface area contributed by atoms with Crippen molar-refractivity contribution in [3.05, 3.63) is 63.4 Å². The average molecular weight is 453 g/mol. The Morgan fingerprint density at radius 2 is 2.13 bits per heavy atom. The first-order valence-corrected chi connectivity index (χ1v) is 11.3. The van der Waals surface area contributed by atoms with Crippen molar-refractivity contribution in [3.63, 3.8) is 0 Å². The molecule has 0 saturated heterocycles. The minimum atomic E-state index is -0.863. The summed E-state index contributed by atoms with van der Waals surface area (Å²) in [5, 5.41) is 13.7. The van der Waals surface area contributed by atoms with Gasteiger partial charge in [-0.2, -0.15) is 5.26 Å². The molecular formula is C23H21ClN4O2S. The zero-order valence-corrected chi connectivity index (χ0v) is 18.8. The fourth-order valence-corrected chi connectivity index (χ4v) is 4.55. The number of carbonyl (C=O) groups is 1. The molecule has 0 bridgehead atoms. The van der Waals surface area contributed by atoms with E-state index in [1.54, 1.807) is 25.1 Å². The Bertz CT molecular complexity index is 1280. The molecule has 1 N–H and O–H groups in total. The summed E-state index contributed by atoms with van der Waals surface area (Å²) in [6.45, 7) is 3.70. The molecule has 4 rings (SSSR count). The van der Waals surface area contributed by atoms with Crippen molar-refractivity contribution in [2.24, 2.45) is 5.92 Å². The summed E-state index contributed by atoms with van der Waals surface area (Å²) in [5.74, 6) is -0.0380. The van der Waals surface area contributed by atoms with Gasteiger partial charge < -0.3 is 5.32 Å². The summed E-state index contributed by atoms with van der Waals surface area (Å²) in [5.41, 5.74) is 1.07. The van der Waals surface area contributed by atoms with Gasteiger partial charge in [-0.25, -0.2) is 4.98 Å². The number of fused-ring (bicyclic) bond motifs is 1. The third kappa shape index (κ3) is 4.46. The molecule has 31 heavy (non-hydrogen) atoms. The van der Waals surface area contributed by atoms with Crippen molar-refractivity contribution in [2.75, 3.05) is 5.75 Å². The van der Waals surface area contributed by atoms with E-state index >= 15 is 0 Å². The van der Waals surface area contributed by atoms with Crippen LogP contribution in [0.3, 0.4) is 0 Å². The number of hydrogen-bond donors (Lipinski definition) is 1. The molecule has 0 radical (unpaired) electrons. The van der Waals surface area contributed by atoms with Gasteiger partial charge in [0.15, 0.2) is 5.16 Å². The summed E-state index contributed by atoms with van der Waals surface area (Å²) in [7, 11) is 0. The molecule has 0 aliphatic heterocycles. The predicted octanol–water partition coefficient (Wildman–Crippen LogP) is 4.25. The Balaban J connectivity index is 1.70. The van der Waals surface area contributed by atoms with Crippen LogP contribution in [0.5, 0.6) is 0 Å². The third-order valence-corrected chi connectivity index (χ3v) is 6.59. The van der Waals surface area contributed by atoms with Crippen LogP contribution in [0, 0.1) is 24.2 Å². The number of nitriles is 1. The standard InChI is InChI=1S/C23H21ClN4O2S/c1-14-4-3-5-17(10-14)28-21(30)18-9-8-16(24)11-19(18)26-22(28)31-12-20(29)27-23(2,13-25)15-6-7-15/h3-5,8-11,15H,6-7,12H2,1-2H3,(H,27,29). The Hall–Kier alpha value is -2.82. The maximum Gasteiger partial charge on any atom is 0.266 e. The summed E-state index contributed by atoms with van der Waals surface area (Å²) in [4.78, 5) is 30.6. The van der Waals surface area contributed by atoms with Crippen molar-refractivity contribution in [1.29, 1.82) is 5.26 Å². The molecule has 1 aromatic heterocycles. The van der Waals surface area contributed by atoms with Gasteiger partial charge in [0.25, 0.3) is 5.56 Å². The molecule has 1 unspecified atom stereocenters. The van der Waals surface area contributed by atoms with Crippen molar-refractivity contribution in [1.82, 2.24) is 14.9 Å². The number of halogens is 1. The van der Waals surface area contributed by atoms with E-state index in [9.17, 15) is 14.9 Å². The van der Waals surface area contributed by atoms with Gasteiger partial charge in [-0.05, 0) is 68.5 Å². The Morgan fingerprint density at radius 3 is 2.81 bits per heavy atom. The van der Waals surface area contributed by atoms with Crippen LogP contribution >= 0.6 is 23.4 Å². The monoisotopic (exact) mass is 452 g/mol. The number of carbonyl (C=O) groups excluding carboxylic acids is 1. The lowest BCUT2D eigenvalue weighted by molar-refractivity contribution is -0.119. The first-order chi connectivity index (χ1) is 14.8. The fourth-order valence-electron chi connectivity index (χ4n) is 3.57. The molecule has 1 heterocycles. The van der Waals surface area contributed by atoms with E-state index in [0.717, 1.165) is 30.2 Å². The molecule has 1 amide bonds. The van der Waals surface area contributed by atoms with E-state index < -0.39 is 5.54 Å². The maximum atomic E-state index is 13.3. The molecule has 8 heteroatoms. The summed E-state index contributed by atoms with van der Waals surface area (Å²) < 4.78 is 1.52. The molecule has 1 aliphatic carbocycles. The molecule has 2 aromatic carbocycles. The SMILES string of the molecule is Cc1cccc(-n2c(SCC(=O)NC(C)(C#N)C3CC3)nc3cc(Cl)ccc3c2=O)c1. The van der Waals surface area contributed by atoms with Crippen LogP contribution in [0.4, 0.5) is 0 Å².